The first-order valence-corrected chi connectivity index (χ1v) is 5.64. The molecule has 1 aromatic carbocycles. The molecule has 4 nitrogen and oxygen atoms in total. The highest BCUT2D eigenvalue weighted by atomic mass is 16.5. The van der Waals surface area contributed by atoms with Crippen LogP contribution in [0.25, 0.3) is 0 Å². The summed E-state index contributed by atoms with van der Waals surface area (Å²) in [5.74, 6) is 0.549. The molecule has 0 fully saturated rings. The summed E-state index contributed by atoms with van der Waals surface area (Å²) in [6, 6.07) is 9.26. The van der Waals surface area contributed by atoms with Gasteiger partial charge in [-0.15, -0.1) is 0 Å². The number of hydrogen-bond acceptors (Lipinski definition) is 3. The van der Waals surface area contributed by atoms with E-state index < -0.39 is 6.10 Å². The predicted molar refractivity (Wildman–Crippen MR) is 66.0 cm³/mol. The maximum atomic E-state index is 11.7. The number of benzene rings is 1. The summed E-state index contributed by atoms with van der Waals surface area (Å²) >= 11 is 0. The molecule has 4 heteroatoms. The number of amides is 1. The zero-order valence-electron chi connectivity index (χ0n) is 10.5. The number of methoxy groups -OCH3 is 1. The van der Waals surface area contributed by atoms with Gasteiger partial charge in [0.1, 0.15) is 5.75 Å². The van der Waals surface area contributed by atoms with Gasteiger partial charge < -0.3 is 14.8 Å². The highest BCUT2D eigenvalue weighted by Crippen LogP contribution is 2.10. The van der Waals surface area contributed by atoms with E-state index in [2.05, 4.69) is 5.32 Å². The van der Waals surface area contributed by atoms with Crippen molar-refractivity contribution in [3.63, 3.8) is 0 Å². The van der Waals surface area contributed by atoms with E-state index in [4.69, 9.17) is 9.47 Å². The second-order valence-electron chi connectivity index (χ2n) is 3.94. The van der Waals surface area contributed by atoms with E-state index in [1.54, 1.807) is 14.0 Å². The van der Waals surface area contributed by atoms with Crippen molar-refractivity contribution in [3.05, 3.63) is 30.3 Å². The summed E-state index contributed by atoms with van der Waals surface area (Å²) in [5.41, 5.74) is 0. The molecule has 1 amide bonds. The predicted octanol–water partition coefficient (Wildman–Crippen LogP) is 1.60. The van der Waals surface area contributed by atoms with Crippen molar-refractivity contribution in [1.29, 1.82) is 0 Å². The zero-order chi connectivity index (χ0) is 12.7. The molecule has 1 N–H and O–H groups in total. The van der Waals surface area contributed by atoms with Crippen molar-refractivity contribution in [2.75, 3.05) is 13.7 Å². The van der Waals surface area contributed by atoms with E-state index in [0.717, 1.165) is 0 Å². The van der Waals surface area contributed by atoms with E-state index in [0.29, 0.717) is 12.4 Å². The number of ether oxygens (including phenoxy) is 2. The van der Waals surface area contributed by atoms with Gasteiger partial charge in [0.2, 0.25) is 0 Å². The first-order chi connectivity index (χ1) is 8.13. The first-order valence-electron chi connectivity index (χ1n) is 5.64. The largest absolute Gasteiger partial charge is 0.481 e. The van der Waals surface area contributed by atoms with Crippen LogP contribution < -0.4 is 10.1 Å². The Kier molecular flexibility index (Phi) is 5.49. The smallest absolute Gasteiger partial charge is 0.261 e. The van der Waals surface area contributed by atoms with Gasteiger partial charge in [-0.3, -0.25) is 4.79 Å². The molecule has 0 aliphatic heterocycles. The van der Waals surface area contributed by atoms with E-state index in [1.165, 1.54) is 0 Å². The lowest BCUT2D eigenvalue weighted by Crippen LogP contribution is -2.43. The van der Waals surface area contributed by atoms with Gasteiger partial charge in [-0.25, -0.2) is 0 Å². The Morgan fingerprint density at radius 1 is 1.29 bits per heavy atom. The monoisotopic (exact) mass is 237 g/mol. The molecule has 0 heterocycles. The molecule has 1 aromatic rings. The fourth-order valence-electron chi connectivity index (χ4n) is 1.41. The molecule has 0 aliphatic carbocycles. The molecular weight excluding hydrogens is 218 g/mol. The molecule has 2 atom stereocenters. The molecular formula is C13H19NO3. The van der Waals surface area contributed by atoms with Crippen LogP contribution in [0, 0.1) is 0 Å². The number of hydrogen-bond donors (Lipinski definition) is 1. The standard InChI is InChI=1S/C13H19NO3/c1-10(9-16-3)14-13(15)11(2)17-12-7-5-4-6-8-12/h4-8,10-11H,9H2,1-3H3,(H,14,15)/t10-,11-/m1/s1. The van der Waals surface area contributed by atoms with E-state index >= 15 is 0 Å². The Hall–Kier alpha value is -1.55. The zero-order valence-corrected chi connectivity index (χ0v) is 10.5. The minimum atomic E-state index is -0.517. The number of carbonyl (C=O) groups is 1. The molecule has 0 aliphatic rings. The Morgan fingerprint density at radius 2 is 1.94 bits per heavy atom. The highest BCUT2D eigenvalue weighted by molar-refractivity contribution is 5.80. The molecule has 0 spiro atoms. The minimum absolute atomic E-state index is 0.0191. The molecule has 0 unspecified atom stereocenters. The van der Waals surface area contributed by atoms with E-state index in [-0.39, 0.29) is 11.9 Å². The lowest BCUT2D eigenvalue weighted by Gasteiger charge is -2.18. The van der Waals surface area contributed by atoms with Gasteiger partial charge in [0, 0.05) is 13.2 Å². The maximum absolute atomic E-state index is 11.7. The second kappa shape index (κ2) is 6.91. The Balaban J connectivity index is 2.42. The van der Waals surface area contributed by atoms with Crippen LogP contribution in [0.5, 0.6) is 5.75 Å². The molecule has 94 valence electrons. The third-order valence-electron chi connectivity index (χ3n) is 2.23. The SMILES string of the molecule is COC[C@@H](C)NC(=O)[C@@H](C)Oc1ccccc1. The van der Waals surface area contributed by atoms with E-state index in [9.17, 15) is 4.79 Å². The topological polar surface area (TPSA) is 47.6 Å². The van der Waals surface area contributed by atoms with Crippen LogP contribution in [0.3, 0.4) is 0 Å². The fraction of sp³-hybridized carbons (Fsp3) is 0.462. The molecule has 0 saturated heterocycles. The summed E-state index contributed by atoms with van der Waals surface area (Å²) in [6.45, 7) is 4.10. The molecule has 0 aromatic heterocycles. The summed E-state index contributed by atoms with van der Waals surface area (Å²) in [6.07, 6.45) is -0.517. The third kappa shape index (κ3) is 4.87. The Morgan fingerprint density at radius 3 is 2.53 bits per heavy atom. The average Bonchev–Trinajstić information content (AvgIpc) is 2.30. The molecule has 17 heavy (non-hydrogen) atoms. The normalized spacial score (nSPS) is 13.8. The summed E-state index contributed by atoms with van der Waals surface area (Å²) in [4.78, 5) is 11.7. The van der Waals surface area contributed by atoms with Crippen LogP contribution in [0.1, 0.15) is 13.8 Å². The summed E-state index contributed by atoms with van der Waals surface area (Å²) < 4.78 is 10.4. The van der Waals surface area contributed by atoms with Gasteiger partial charge in [0.25, 0.3) is 5.91 Å². The van der Waals surface area contributed by atoms with Crippen LogP contribution in [0.2, 0.25) is 0 Å². The highest BCUT2D eigenvalue weighted by Gasteiger charge is 2.16. The number of rotatable bonds is 6. The van der Waals surface area contributed by atoms with Crippen molar-refractivity contribution in [3.8, 4) is 5.75 Å². The number of carbonyl (C=O) groups excluding carboxylic acids is 1. The molecule has 0 bridgehead atoms. The second-order valence-corrected chi connectivity index (χ2v) is 3.94. The van der Waals surface area contributed by atoms with Gasteiger partial charge in [-0.1, -0.05) is 18.2 Å². The van der Waals surface area contributed by atoms with Crippen LogP contribution >= 0.6 is 0 Å². The van der Waals surface area contributed by atoms with Crippen LogP contribution in [0.15, 0.2) is 30.3 Å². The molecule has 1 rings (SSSR count). The maximum Gasteiger partial charge on any atom is 0.261 e. The number of para-hydroxylation sites is 1. The lowest BCUT2D eigenvalue weighted by molar-refractivity contribution is -0.128. The average molecular weight is 237 g/mol. The van der Waals surface area contributed by atoms with Gasteiger partial charge in [0.15, 0.2) is 6.10 Å². The van der Waals surface area contributed by atoms with Crippen LogP contribution in [0.4, 0.5) is 0 Å². The van der Waals surface area contributed by atoms with Crippen molar-refractivity contribution in [2.24, 2.45) is 0 Å². The third-order valence-corrected chi connectivity index (χ3v) is 2.23. The van der Waals surface area contributed by atoms with E-state index in [1.807, 2.05) is 37.3 Å². The number of nitrogens with one attached hydrogen (secondary N) is 1. The van der Waals surface area contributed by atoms with Crippen LogP contribution in [-0.2, 0) is 9.53 Å². The van der Waals surface area contributed by atoms with Gasteiger partial charge >= 0.3 is 0 Å². The van der Waals surface area contributed by atoms with Crippen molar-refractivity contribution in [2.45, 2.75) is 26.0 Å². The van der Waals surface area contributed by atoms with Crippen molar-refractivity contribution >= 4 is 5.91 Å². The van der Waals surface area contributed by atoms with Crippen molar-refractivity contribution < 1.29 is 14.3 Å². The Labute approximate surface area is 102 Å². The first kappa shape index (κ1) is 13.5. The lowest BCUT2D eigenvalue weighted by atomic mass is 10.3. The minimum Gasteiger partial charge on any atom is -0.481 e. The quantitative estimate of drug-likeness (QED) is 0.817. The van der Waals surface area contributed by atoms with Crippen molar-refractivity contribution in [1.82, 2.24) is 5.32 Å². The Bertz CT molecular complexity index is 340. The van der Waals surface area contributed by atoms with Gasteiger partial charge in [0.05, 0.1) is 6.61 Å². The summed E-state index contributed by atoms with van der Waals surface area (Å²) in [5, 5.41) is 2.81. The molecule has 0 saturated carbocycles. The fourth-order valence-corrected chi connectivity index (χ4v) is 1.41. The molecule has 0 radical (unpaired) electrons. The van der Waals surface area contributed by atoms with Gasteiger partial charge in [-0.05, 0) is 26.0 Å². The van der Waals surface area contributed by atoms with Gasteiger partial charge in [-0.2, -0.15) is 0 Å². The summed E-state index contributed by atoms with van der Waals surface area (Å²) in [7, 11) is 1.60. The van der Waals surface area contributed by atoms with Crippen LogP contribution in [-0.4, -0.2) is 31.8 Å².